The van der Waals surface area contributed by atoms with Gasteiger partial charge in [0.1, 0.15) is 5.60 Å². The summed E-state index contributed by atoms with van der Waals surface area (Å²) >= 11 is 0. The van der Waals surface area contributed by atoms with Crippen molar-refractivity contribution in [2.24, 2.45) is 5.92 Å². The van der Waals surface area contributed by atoms with Gasteiger partial charge in [0.15, 0.2) is 0 Å². The molecule has 5 nitrogen and oxygen atoms in total. The zero-order valence-electron chi connectivity index (χ0n) is 15.6. The number of nitrogens with one attached hydrogen (secondary N) is 2. The fraction of sp³-hybridized carbons (Fsp3) is 0.944. The molecule has 0 saturated heterocycles. The summed E-state index contributed by atoms with van der Waals surface area (Å²) in [7, 11) is 0. The van der Waals surface area contributed by atoms with E-state index in [1.807, 2.05) is 20.8 Å². The SMILES string of the molecule is CC(C)CCNCCOC1CCC(NC(=O)OC(C)(C)C)CC1. The lowest BCUT2D eigenvalue weighted by atomic mass is 9.93. The summed E-state index contributed by atoms with van der Waals surface area (Å²) in [5.74, 6) is 0.746. The molecule has 5 heteroatoms. The molecule has 0 bridgehead atoms. The van der Waals surface area contributed by atoms with Crippen LogP contribution in [0.1, 0.15) is 66.7 Å². The summed E-state index contributed by atoms with van der Waals surface area (Å²) < 4.78 is 11.2. The molecule has 0 aromatic rings. The largest absolute Gasteiger partial charge is 0.444 e. The van der Waals surface area contributed by atoms with Gasteiger partial charge in [-0.1, -0.05) is 13.8 Å². The zero-order chi connectivity index (χ0) is 17.3. The van der Waals surface area contributed by atoms with Crippen LogP contribution in [-0.2, 0) is 9.47 Å². The molecule has 0 unspecified atom stereocenters. The van der Waals surface area contributed by atoms with Crippen LogP contribution in [0, 0.1) is 5.92 Å². The molecule has 0 atom stereocenters. The van der Waals surface area contributed by atoms with Crippen LogP contribution in [0.2, 0.25) is 0 Å². The maximum absolute atomic E-state index is 11.8. The quantitative estimate of drug-likeness (QED) is 0.670. The van der Waals surface area contributed by atoms with Gasteiger partial charge in [-0.2, -0.15) is 0 Å². The summed E-state index contributed by atoms with van der Waals surface area (Å²) in [6.45, 7) is 12.9. The van der Waals surface area contributed by atoms with Gasteiger partial charge in [-0.05, 0) is 65.3 Å². The highest BCUT2D eigenvalue weighted by Gasteiger charge is 2.24. The van der Waals surface area contributed by atoms with Crippen molar-refractivity contribution in [2.75, 3.05) is 19.7 Å². The number of alkyl carbamates (subject to hydrolysis) is 1. The molecule has 0 aliphatic heterocycles. The lowest BCUT2D eigenvalue weighted by Gasteiger charge is -2.30. The van der Waals surface area contributed by atoms with Crippen molar-refractivity contribution in [3.63, 3.8) is 0 Å². The Labute approximate surface area is 141 Å². The van der Waals surface area contributed by atoms with Crippen molar-refractivity contribution >= 4 is 6.09 Å². The second-order valence-electron chi connectivity index (χ2n) is 7.92. The summed E-state index contributed by atoms with van der Waals surface area (Å²) in [6.07, 6.45) is 5.17. The van der Waals surface area contributed by atoms with Crippen LogP contribution in [0.15, 0.2) is 0 Å². The normalized spacial score (nSPS) is 22.2. The Kier molecular flexibility index (Phi) is 8.92. The number of carbonyl (C=O) groups excluding carboxylic acids is 1. The molecule has 1 aliphatic carbocycles. The van der Waals surface area contributed by atoms with Crippen molar-refractivity contribution in [1.29, 1.82) is 0 Å². The fourth-order valence-electron chi connectivity index (χ4n) is 2.66. The molecule has 1 fully saturated rings. The maximum atomic E-state index is 11.8. The number of amides is 1. The predicted molar refractivity (Wildman–Crippen MR) is 93.7 cm³/mol. The lowest BCUT2D eigenvalue weighted by molar-refractivity contribution is 0.0194. The van der Waals surface area contributed by atoms with Crippen LogP contribution < -0.4 is 10.6 Å². The first kappa shape index (κ1) is 20.2. The summed E-state index contributed by atoms with van der Waals surface area (Å²) in [5.41, 5.74) is -0.438. The maximum Gasteiger partial charge on any atom is 0.407 e. The van der Waals surface area contributed by atoms with E-state index in [2.05, 4.69) is 24.5 Å². The van der Waals surface area contributed by atoms with Crippen molar-refractivity contribution in [3.05, 3.63) is 0 Å². The highest BCUT2D eigenvalue weighted by Crippen LogP contribution is 2.21. The highest BCUT2D eigenvalue weighted by molar-refractivity contribution is 5.68. The van der Waals surface area contributed by atoms with Gasteiger partial charge in [0.2, 0.25) is 0 Å². The molecular formula is C18H36N2O3. The van der Waals surface area contributed by atoms with Gasteiger partial charge >= 0.3 is 6.09 Å². The Morgan fingerprint density at radius 3 is 2.35 bits per heavy atom. The zero-order valence-corrected chi connectivity index (χ0v) is 15.6. The van der Waals surface area contributed by atoms with Gasteiger partial charge in [-0.15, -0.1) is 0 Å². The monoisotopic (exact) mass is 328 g/mol. The Morgan fingerprint density at radius 1 is 1.13 bits per heavy atom. The van der Waals surface area contributed by atoms with Crippen LogP contribution >= 0.6 is 0 Å². The second kappa shape index (κ2) is 10.1. The molecule has 0 aromatic carbocycles. The first-order valence-electron chi connectivity index (χ1n) is 9.08. The molecule has 2 N–H and O–H groups in total. The Hall–Kier alpha value is -0.810. The minimum absolute atomic E-state index is 0.217. The topological polar surface area (TPSA) is 59.6 Å². The van der Waals surface area contributed by atoms with E-state index in [1.54, 1.807) is 0 Å². The van der Waals surface area contributed by atoms with Crippen LogP contribution in [0.25, 0.3) is 0 Å². The van der Waals surface area contributed by atoms with Gasteiger partial charge < -0.3 is 20.1 Å². The van der Waals surface area contributed by atoms with E-state index in [0.717, 1.165) is 51.3 Å². The van der Waals surface area contributed by atoms with Crippen LogP contribution in [0.4, 0.5) is 4.79 Å². The molecule has 1 amide bonds. The van der Waals surface area contributed by atoms with Crippen molar-refractivity contribution in [3.8, 4) is 0 Å². The molecule has 23 heavy (non-hydrogen) atoms. The molecule has 0 radical (unpaired) electrons. The summed E-state index contributed by atoms with van der Waals surface area (Å²) in [6, 6.07) is 0.217. The predicted octanol–water partition coefficient (Wildman–Crippen LogP) is 3.47. The molecule has 1 saturated carbocycles. The van der Waals surface area contributed by atoms with Crippen LogP contribution in [0.3, 0.4) is 0 Å². The Morgan fingerprint density at radius 2 is 1.78 bits per heavy atom. The minimum atomic E-state index is -0.438. The van der Waals surface area contributed by atoms with E-state index in [4.69, 9.17) is 9.47 Å². The van der Waals surface area contributed by atoms with Crippen LogP contribution in [-0.4, -0.2) is 43.5 Å². The van der Waals surface area contributed by atoms with Crippen molar-refractivity contribution < 1.29 is 14.3 Å². The molecule has 0 aromatic heterocycles. The Balaban J connectivity index is 2.06. The average molecular weight is 328 g/mol. The van der Waals surface area contributed by atoms with E-state index in [0.29, 0.717) is 6.10 Å². The first-order chi connectivity index (χ1) is 10.8. The third kappa shape index (κ3) is 10.6. The third-order valence-corrected chi connectivity index (χ3v) is 3.93. The van der Waals surface area contributed by atoms with Gasteiger partial charge in [0.05, 0.1) is 12.7 Å². The van der Waals surface area contributed by atoms with Gasteiger partial charge in [0.25, 0.3) is 0 Å². The van der Waals surface area contributed by atoms with E-state index >= 15 is 0 Å². The molecular weight excluding hydrogens is 292 g/mol. The van der Waals surface area contributed by atoms with E-state index in [-0.39, 0.29) is 12.1 Å². The molecule has 0 spiro atoms. The molecule has 136 valence electrons. The summed E-state index contributed by atoms with van der Waals surface area (Å²) in [5, 5.41) is 6.38. The average Bonchev–Trinajstić information content (AvgIpc) is 2.42. The number of carbonyl (C=O) groups is 1. The minimum Gasteiger partial charge on any atom is -0.444 e. The standard InChI is InChI=1S/C18H36N2O3/c1-14(2)10-11-19-12-13-22-16-8-6-15(7-9-16)20-17(21)23-18(3,4)5/h14-16,19H,6-13H2,1-5H3,(H,20,21). The number of rotatable bonds is 8. The highest BCUT2D eigenvalue weighted by atomic mass is 16.6. The van der Waals surface area contributed by atoms with Gasteiger partial charge in [0, 0.05) is 12.6 Å². The smallest absolute Gasteiger partial charge is 0.407 e. The van der Waals surface area contributed by atoms with Crippen molar-refractivity contribution in [1.82, 2.24) is 10.6 Å². The molecule has 1 rings (SSSR count). The molecule has 1 aliphatic rings. The first-order valence-corrected chi connectivity index (χ1v) is 9.08. The number of hydrogen-bond acceptors (Lipinski definition) is 4. The van der Waals surface area contributed by atoms with Gasteiger partial charge in [-0.25, -0.2) is 4.79 Å². The Bertz CT molecular complexity index is 332. The lowest BCUT2D eigenvalue weighted by Crippen LogP contribution is -2.42. The fourth-order valence-corrected chi connectivity index (χ4v) is 2.66. The van der Waals surface area contributed by atoms with Crippen LogP contribution in [0.5, 0.6) is 0 Å². The number of hydrogen-bond donors (Lipinski definition) is 2. The second-order valence-corrected chi connectivity index (χ2v) is 7.92. The van der Waals surface area contributed by atoms with Gasteiger partial charge in [-0.3, -0.25) is 0 Å². The van der Waals surface area contributed by atoms with Crippen molar-refractivity contribution in [2.45, 2.75) is 84.5 Å². The van der Waals surface area contributed by atoms with E-state index < -0.39 is 5.60 Å². The molecule has 0 heterocycles. The van der Waals surface area contributed by atoms with E-state index in [1.165, 1.54) is 6.42 Å². The summed E-state index contributed by atoms with van der Waals surface area (Å²) in [4.78, 5) is 11.8. The third-order valence-electron chi connectivity index (χ3n) is 3.93. The number of ether oxygens (including phenoxy) is 2. The van der Waals surface area contributed by atoms with E-state index in [9.17, 15) is 4.79 Å².